The zero-order valence-corrected chi connectivity index (χ0v) is 8.28. The van der Waals surface area contributed by atoms with Crippen molar-refractivity contribution in [1.29, 1.82) is 0 Å². The molecule has 0 aliphatic rings. The van der Waals surface area contributed by atoms with Crippen molar-refractivity contribution in [1.82, 2.24) is 4.98 Å². The summed E-state index contributed by atoms with van der Waals surface area (Å²) in [6.45, 7) is 1.61. The fourth-order valence-electron chi connectivity index (χ4n) is 1.15. The number of aromatic nitrogens is 1. The Morgan fingerprint density at radius 3 is 2.87 bits per heavy atom. The van der Waals surface area contributed by atoms with E-state index in [0.29, 0.717) is 5.69 Å². The van der Waals surface area contributed by atoms with Gasteiger partial charge in [0.15, 0.2) is 0 Å². The number of aliphatic hydroxyl groups is 2. The van der Waals surface area contributed by atoms with Crippen molar-refractivity contribution in [2.75, 3.05) is 6.54 Å². The number of hydrogen-bond acceptors (Lipinski definition) is 4. The van der Waals surface area contributed by atoms with Gasteiger partial charge in [0, 0.05) is 10.6 Å². The average molecular weight is 208 g/mol. The molecule has 1 heterocycles. The summed E-state index contributed by atoms with van der Waals surface area (Å²) < 4.78 is 0. The van der Waals surface area contributed by atoms with Crippen LogP contribution in [0.25, 0.3) is 10.4 Å². The van der Waals surface area contributed by atoms with Gasteiger partial charge < -0.3 is 10.2 Å². The SMILES string of the molecule is Cc1cccc(C(O)C(O)CN=[N+]=[N-])n1. The number of azide groups is 1. The smallest absolute Gasteiger partial charge is 0.122 e. The van der Waals surface area contributed by atoms with Crippen molar-refractivity contribution >= 4 is 0 Å². The minimum absolute atomic E-state index is 0.173. The highest BCUT2D eigenvalue weighted by atomic mass is 16.3. The van der Waals surface area contributed by atoms with Gasteiger partial charge in [0.1, 0.15) is 6.10 Å². The van der Waals surface area contributed by atoms with Crippen LogP contribution in [0.1, 0.15) is 17.5 Å². The summed E-state index contributed by atoms with van der Waals surface area (Å²) in [5.74, 6) is 0. The first-order chi connectivity index (χ1) is 7.15. The lowest BCUT2D eigenvalue weighted by Crippen LogP contribution is -2.22. The molecule has 0 fully saturated rings. The monoisotopic (exact) mass is 208 g/mol. The lowest BCUT2D eigenvalue weighted by Gasteiger charge is -2.15. The fourth-order valence-corrected chi connectivity index (χ4v) is 1.15. The Balaban J connectivity index is 2.75. The van der Waals surface area contributed by atoms with Gasteiger partial charge in [-0.3, -0.25) is 4.98 Å². The second kappa shape index (κ2) is 5.31. The normalized spacial score (nSPS) is 14.1. The Bertz CT molecular complexity index is 376. The molecule has 0 spiro atoms. The van der Waals surface area contributed by atoms with Gasteiger partial charge in [-0.15, -0.1) is 0 Å². The first-order valence-electron chi connectivity index (χ1n) is 4.45. The summed E-state index contributed by atoms with van der Waals surface area (Å²) in [6.07, 6.45) is -2.26. The molecule has 6 nitrogen and oxygen atoms in total. The molecule has 1 rings (SSSR count). The maximum absolute atomic E-state index is 9.64. The predicted molar refractivity (Wildman–Crippen MR) is 54.0 cm³/mol. The van der Waals surface area contributed by atoms with E-state index in [-0.39, 0.29) is 6.54 Å². The second-order valence-electron chi connectivity index (χ2n) is 3.13. The Kier molecular flexibility index (Phi) is 4.05. The van der Waals surface area contributed by atoms with Gasteiger partial charge in [-0.05, 0) is 24.6 Å². The van der Waals surface area contributed by atoms with Crippen LogP contribution in [0.5, 0.6) is 0 Å². The molecule has 0 radical (unpaired) electrons. The van der Waals surface area contributed by atoms with E-state index in [9.17, 15) is 10.2 Å². The lowest BCUT2D eigenvalue weighted by molar-refractivity contribution is 0.0217. The highest BCUT2D eigenvalue weighted by Gasteiger charge is 2.18. The zero-order valence-electron chi connectivity index (χ0n) is 8.28. The van der Waals surface area contributed by atoms with Crippen molar-refractivity contribution in [2.24, 2.45) is 5.11 Å². The summed E-state index contributed by atoms with van der Waals surface area (Å²) in [5, 5.41) is 22.3. The van der Waals surface area contributed by atoms with Crippen LogP contribution in [0.3, 0.4) is 0 Å². The maximum atomic E-state index is 9.64. The quantitative estimate of drug-likeness (QED) is 0.440. The molecule has 0 bridgehead atoms. The zero-order chi connectivity index (χ0) is 11.3. The summed E-state index contributed by atoms with van der Waals surface area (Å²) >= 11 is 0. The highest BCUT2D eigenvalue weighted by Crippen LogP contribution is 2.15. The van der Waals surface area contributed by atoms with Crippen molar-refractivity contribution < 1.29 is 10.2 Å². The largest absolute Gasteiger partial charge is 0.390 e. The van der Waals surface area contributed by atoms with Crippen LogP contribution >= 0.6 is 0 Å². The van der Waals surface area contributed by atoms with E-state index in [0.717, 1.165) is 5.69 Å². The Labute approximate surface area is 86.8 Å². The lowest BCUT2D eigenvalue weighted by atomic mass is 10.1. The summed E-state index contributed by atoms with van der Waals surface area (Å²) in [5.41, 5.74) is 9.18. The topological polar surface area (TPSA) is 102 Å². The number of hydrogen-bond donors (Lipinski definition) is 2. The van der Waals surface area contributed by atoms with E-state index < -0.39 is 12.2 Å². The van der Waals surface area contributed by atoms with E-state index in [1.165, 1.54) is 0 Å². The summed E-state index contributed by atoms with van der Waals surface area (Å²) in [4.78, 5) is 6.56. The number of pyridine rings is 1. The molecule has 0 aliphatic carbocycles. The van der Waals surface area contributed by atoms with E-state index in [2.05, 4.69) is 15.0 Å². The van der Waals surface area contributed by atoms with Crippen molar-refractivity contribution in [3.8, 4) is 0 Å². The van der Waals surface area contributed by atoms with Crippen molar-refractivity contribution in [2.45, 2.75) is 19.1 Å². The first-order valence-corrected chi connectivity index (χ1v) is 4.45. The molecule has 0 saturated heterocycles. The fraction of sp³-hybridized carbons (Fsp3) is 0.444. The Morgan fingerprint density at radius 2 is 2.27 bits per heavy atom. The Morgan fingerprint density at radius 1 is 1.53 bits per heavy atom. The standard InChI is InChI=1S/C9H12N4O2/c1-6-3-2-4-7(12-6)9(15)8(14)5-11-13-10/h2-4,8-9,14-15H,5H2,1H3. The van der Waals surface area contributed by atoms with E-state index in [4.69, 9.17) is 5.53 Å². The molecule has 15 heavy (non-hydrogen) atoms. The van der Waals surface area contributed by atoms with Crippen LogP contribution in [-0.2, 0) is 0 Å². The number of aliphatic hydroxyl groups excluding tert-OH is 2. The predicted octanol–water partition coefficient (Wildman–Crippen LogP) is 1.09. The highest BCUT2D eigenvalue weighted by molar-refractivity contribution is 5.13. The van der Waals surface area contributed by atoms with Crippen molar-refractivity contribution in [3.63, 3.8) is 0 Å². The first kappa shape index (κ1) is 11.5. The van der Waals surface area contributed by atoms with Gasteiger partial charge in [-0.2, -0.15) is 0 Å². The molecule has 6 heteroatoms. The molecular formula is C9H12N4O2. The molecule has 0 aromatic carbocycles. The molecule has 0 amide bonds. The van der Waals surface area contributed by atoms with Crippen LogP contribution in [0.2, 0.25) is 0 Å². The maximum Gasteiger partial charge on any atom is 0.122 e. The Hall–Kier alpha value is -1.62. The molecule has 1 aromatic heterocycles. The minimum atomic E-state index is -1.13. The van der Waals surface area contributed by atoms with Crippen LogP contribution in [0.15, 0.2) is 23.3 Å². The van der Waals surface area contributed by atoms with Gasteiger partial charge in [-0.1, -0.05) is 11.2 Å². The number of nitrogens with zero attached hydrogens (tertiary/aromatic N) is 4. The van der Waals surface area contributed by atoms with Crippen LogP contribution in [0, 0.1) is 6.92 Å². The van der Waals surface area contributed by atoms with Crippen LogP contribution in [-0.4, -0.2) is 27.8 Å². The molecule has 2 atom stereocenters. The van der Waals surface area contributed by atoms with Gasteiger partial charge in [-0.25, -0.2) is 0 Å². The van der Waals surface area contributed by atoms with E-state index in [1.807, 2.05) is 0 Å². The van der Waals surface area contributed by atoms with Crippen molar-refractivity contribution in [3.05, 3.63) is 40.0 Å². The molecule has 2 N–H and O–H groups in total. The molecule has 0 saturated carbocycles. The molecular weight excluding hydrogens is 196 g/mol. The van der Waals surface area contributed by atoms with Gasteiger partial charge in [0.25, 0.3) is 0 Å². The summed E-state index contributed by atoms with van der Waals surface area (Å²) in [7, 11) is 0. The van der Waals surface area contributed by atoms with Gasteiger partial charge in [0.2, 0.25) is 0 Å². The average Bonchev–Trinajstić information content (AvgIpc) is 2.24. The molecule has 2 unspecified atom stereocenters. The third-order valence-corrected chi connectivity index (χ3v) is 1.91. The second-order valence-corrected chi connectivity index (χ2v) is 3.13. The van der Waals surface area contributed by atoms with E-state index >= 15 is 0 Å². The summed E-state index contributed by atoms with van der Waals surface area (Å²) in [6, 6.07) is 5.13. The third kappa shape index (κ3) is 3.21. The molecule has 1 aromatic rings. The van der Waals surface area contributed by atoms with E-state index in [1.54, 1.807) is 25.1 Å². The molecule has 80 valence electrons. The third-order valence-electron chi connectivity index (χ3n) is 1.91. The minimum Gasteiger partial charge on any atom is -0.390 e. The van der Waals surface area contributed by atoms with Gasteiger partial charge in [0.05, 0.1) is 18.3 Å². The van der Waals surface area contributed by atoms with Gasteiger partial charge >= 0.3 is 0 Å². The number of aryl methyl sites for hydroxylation is 1. The van der Waals surface area contributed by atoms with Crippen LogP contribution in [0.4, 0.5) is 0 Å². The number of rotatable bonds is 4. The van der Waals surface area contributed by atoms with Crippen LogP contribution < -0.4 is 0 Å². The molecule has 0 aliphatic heterocycles.